The SMILES string of the molecule is CNCCn1ccnc1-c1ccccc1C. The lowest BCUT2D eigenvalue weighted by molar-refractivity contribution is 0.649. The third-order valence-corrected chi connectivity index (χ3v) is 2.70. The Labute approximate surface area is 96.1 Å². The highest BCUT2D eigenvalue weighted by molar-refractivity contribution is 5.60. The maximum Gasteiger partial charge on any atom is 0.140 e. The van der Waals surface area contributed by atoms with Crippen LogP contribution in [0.5, 0.6) is 0 Å². The molecule has 0 spiro atoms. The van der Waals surface area contributed by atoms with Crippen molar-refractivity contribution in [2.75, 3.05) is 13.6 Å². The lowest BCUT2D eigenvalue weighted by atomic mass is 10.1. The van der Waals surface area contributed by atoms with Crippen molar-refractivity contribution in [2.24, 2.45) is 0 Å². The minimum atomic E-state index is 0.945. The Balaban J connectivity index is 2.33. The Morgan fingerprint density at radius 1 is 1.31 bits per heavy atom. The van der Waals surface area contributed by atoms with Crippen LogP contribution in [0.25, 0.3) is 11.4 Å². The van der Waals surface area contributed by atoms with E-state index in [1.807, 2.05) is 19.4 Å². The molecular formula is C13H17N3. The van der Waals surface area contributed by atoms with E-state index in [1.165, 1.54) is 11.1 Å². The normalized spacial score (nSPS) is 10.6. The Kier molecular flexibility index (Phi) is 3.37. The van der Waals surface area contributed by atoms with Gasteiger partial charge in [-0.15, -0.1) is 0 Å². The summed E-state index contributed by atoms with van der Waals surface area (Å²) < 4.78 is 2.18. The van der Waals surface area contributed by atoms with E-state index in [0.717, 1.165) is 18.9 Å². The largest absolute Gasteiger partial charge is 0.330 e. The first-order valence-electron chi connectivity index (χ1n) is 5.54. The van der Waals surface area contributed by atoms with Gasteiger partial charge in [-0.2, -0.15) is 0 Å². The highest BCUT2D eigenvalue weighted by Gasteiger charge is 2.07. The second-order valence-corrected chi connectivity index (χ2v) is 3.86. The average Bonchev–Trinajstić information content (AvgIpc) is 2.75. The molecule has 1 heterocycles. The lowest BCUT2D eigenvalue weighted by Crippen LogP contribution is -2.15. The van der Waals surface area contributed by atoms with E-state index in [-0.39, 0.29) is 0 Å². The maximum atomic E-state index is 4.44. The number of rotatable bonds is 4. The first-order chi connectivity index (χ1) is 7.83. The van der Waals surface area contributed by atoms with Crippen LogP contribution < -0.4 is 5.32 Å². The van der Waals surface area contributed by atoms with E-state index in [4.69, 9.17) is 0 Å². The van der Waals surface area contributed by atoms with Crippen molar-refractivity contribution >= 4 is 0 Å². The zero-order valence-corrected chi connectivity index (χ0v) is 9.77. The molecule has 1 aromatic carbocycles. The monoisotopic (exact) mass is 215 g/mol. The molecule has 0 atom stereocenters. The number of benzene rings is 1. The van der Waals surface area contributed by atoms with Gasteiger partial charge >= 0.3 is 0 Å². The topological polar surface area (TPSA) is 29.9 Å². The van der Waals surface area contributed by atoms with Crippen LogP contribution in [0.4, 0.5) is 0 Å². The van der Waals surface area contributed by atoms with Crippen molar-refractivity contribution in [3.63, 3.8) is 0 Å². The second kappa shape index (κ2) is 4.94. The van der Waals surface area contributed by atoms with Crippen molar-refractivity contribution in [3.05, 3.63) is 42.2 Å². The van der Waals surface area contributed by atoms with Crippen LogP contribution in [0, 0.1) is 6.92 Å². The molecule has 0 bridgehead atoms. The van der Waals surface area contributed by atoms with Crippen molar-refractivity contribution in [1.82, 2.24) is 14.9 Å². The zero-order chi connectivity index (χ0) is 11.4. The predicted octanol–water partition coefficient (Wildman–Crippen LogP) is 2.08. The summed E-state index contributed by atoms with van der Waals surface area (Å²) in [7, 11) is 1.96. The number of imidazole rings is 1. The van der Waals surface area contributed by atoms with Gasteiger partial charge in [0.25, 0.3) is 0 Å². The second-order valence-electron chi connectivity index (χ2n) is 3.86. The van der Waals surface area contributed by atoms with E-state index in [0.29, 0.717) is 0 Å². The van der Waals surface area contributed by atoms with Gasteiger partial charge in [0.2, 0.25) is 0 Å². The Hall–Kier alpha value is -1.61. The number of hydrogen-bond acceptors (Lipinski definition) is 2. The van der Waals surface area contributed by atoms with Crippen molar-refractivity contribution < 1.29 is 0 Å². The Morgan fingerprint density at radius 2 is 2.12 bits per heavy atom. The van der Waals surface area contributed by atoms with Gasteiger partial charge in [-0.05, 0) is 19.5 Å². The fourth-order valence-electron chi connectivity index (χ4n) is 1.79. The number of aryl methyl sites for hydroxylation is 1. The first-order valence-corrected chi connectivity index (χ1v) is 5.54. The maximum absolute atomic E-state index is 4.44. The van der Waals surface area contributed by atoms with Gasteiger partial charge in [-0.25, -0.2) is 4.98 Å². The summed E-state index contributed by atoms with van der Waals surface area (Å²) in [6.45, 7) is 4.02. The van der Waals surface area contributed by atoms with Gasteiger partial charge in [-0.3, -0.25) is 0 Å². The van der Waals surface area contributed by atoms with E-state index in [2.05, 4.69) is 46.1 Å². The van der Waals surface area contributed by atoms with Crippen LogP contribution in [0.3, 0.4) is 0 Å². The molecule has 0 aliphatic carbocycles. The summed E-state index contributed by atoms with van der Waals surface area (Å²) in [6, 6.07) is 8.35. The Bertz CT molecular complexity index is 460. The average molecular weight is 215 g/mol. The summed E-state index contributed by atoms with van der Waals surface area (Å²) >= 11 is 0. The molecule has 0 saturated heterocycles. The molecule has 2 rings (SSSR count). The van der Waals surface area contributed by atoms with E-state index < -0.39 is 0 Å². The summed E-state index contributed by atoms with van der Waals surface area (Å²) in [4.78, 5) is 4.44. The summed E-state index contributed by atoms with van der Waals surface area (Å²) in [5.41, 5.74) is 2.48. The van der Waals surface area contributed by atoms with Crippen LogP contribution in [-0.2, 0) is 6.54 Å². The molecule has 0 saturated carbocycles. The minimum absolute atomic E-state index is 0.945. The smallest absolute Gasteiger partial charge is 0.140 e. The van der Waals surface area contributed by atoms with Crippen LogP contribution in [-0.4, -0.2) is 23.1 Å². The number of likely N-dealkylation sites (N-methyl/N-ethyl adjacent to an activating group) is 1. The lowest BCUT2D eigenvalue weighted by Gasteiger charge is -2.09. The molecule has 0 unspecified atom stereocenters. The van der Waals surface area contributed by atoms with Gasteiger partial charge in [0, 0.05) is 31.0 Å². The molecule has 3 nitrogen and oxygen atoms in total. The fourth-order valence-corrected chi connectivity index (χ4v) is 1.79. The molecule has 16 heavy (non-hydrogen) atoms. The van der Waals surface area contributed by atoms with Crippen LogP contribution in [0.1, 0.15) is 5.56 Å². The fraction of sp³-hybridized carbons (Fsp3) is 0.308. The van der Waals surface area contributed by atoms with Crippen LogP contribution >= 0.6 is 0 Å². The first kappa shape index (κ1) is 10.9. The molecular weight excluding hydrogens is 198 g/mol. The van der Waals surface area contributed by atoms with Gasteiger partial charge < -0.3 is 9.88 Å². The zero-order valence-electron chi connectivity index (χ0n) is 9.77. The molecule has 0 aliphatic heterocycles. The molecule has 0 amide bonds. The molecule has 84 valence electrons. The third-order valence-electron chi connectivity index (χ3n) is 2.70. The number of aromatic nitrogens is 2. The summed E-state index contributed by atoms with van der Waals surface area (Å²) in [5, 5.41) is 3.15. The van der Waals surface area contributed by atoms with Crippen molar-refractivity contribution in [3.8, 4) is 11.4 Å². The number of hydrogen-bond donors (Lipinski definition) is 1. The van der Waals surface area contributed by atoms with Crippen molar-refractivity contribution in [2.45, 2.75) is 13.5 Å². The van der Waals surface area contributed by atoms with Gasteiger partial charge in [0.05, 0.1) is 0 Å². The Morgan fingerprint density at radius 3 is 2.88 bits per heavy atom. The van der Waals surface area contributed by atoms with E-state index >= 15 is 0 Å². The molecule has 1 aromatic heterocycles. The molecule has 0 radical (unpaired) electrons. The predicted molar refractivity (Wildman–Crippen MR) is 66.3 cm³/mol. The van der Waals surface area contributed by atoms with Gasteiger partial charge in [0.15, 0.2) is 0 Å². The molecule has 2 aromatic rings. The van der Waals surface area contributed by atoms with Gasteiger partial charge in [-0.1, -0.05) is 24.3 Å². The van der Waals surface area contributed by atoms with E-state index in [1.54, 1.807) is 0 Å². The molecule has 0 aliphatic rings. The standard InChI is InChI=1S/C13H17N3/c1-11-5-3-4-6-12(11)13-15-8-10-16(13)9-7-14-2/h3-6,8,10,14H,7,9H2,1-2H3. The van der Waals surface area contributed by atoms with Crippen LogP contribution in [0.2, 0.25) is 0 Å². The third kappa shape index (κ3) is 2.14. The summed E-state index contributed by atoms with van der Waals surface area (Å²) in [6.07, 6.45) is 3.89. The van der Waals surface area contributed by atoms with Crippen molar-refractivity contribution in [1.29, 1.82) is 0 Å². The molecule has 1 N–H and O–H groups in total. The van der Waals surface area contributed by atoms with Gasteiger partial charge in [0.1, 0.15) is 5.82 Å². The molecule has 0 fully saturated rings. The van der Waals surface area contributed by atoms with E-state index in [9.17, 15) is 0 Å². The van der Waals surface area contributed by atoms with Crippen LogP contribution in [0.15, 0.2) is 36.7 Å². The molecule has 3 heteroatoms. The number of nitrogens with zero attached hydrogens (tertiary/aromatic N) is 2. The minimum Gasteiger partial charge on any atom is -0.330 e. The highest BCUT2D eigenvalue weighted by atomic mass is 15.1. The number of nitrogens with one attached hydrogen (secondary N) is 1. The summed E-state index contributed by atoms with van der Waals surface area (Å²) in [5.74, 6) is 1.05. The quantitative estimate of drug-likeness (QED) is 0.846. The highest BCUT2D eigenvalue weighted by Crippen LogP contribution is 2.20.